The average molecular weight is 699 g/mol. The second kappa shape index (κ2) is 21.3. The van der Waals surface area contributed by atoms with E-state index in [1.807, 2.05) is 0 Å². The fourth-order valence-electron chi connectivity index (χ4n) is 4.37. The van der Waals surface area contributed by atoms with Gasteiger partial charge in [-0.05, 0) is 23.7 Å². The van der Waals surface area contributed by atoms with E-state index in [1.165, 1.54) is 17.0 Å². The largest absolute Gasteiger partial charge is 0.504 e. The zero-order valence-electron chi connectivity index (χ0n) is 27.9. The lowest BCUT2D eigenvalue weighted by Gasteiger charge is -2.43. The molecular weight excluding hydrogens is 656 g/mol. The summed E-state index contributed by atoms with van der Waals surface area (Å²) in [6.07, 6.45) is -7.19. The van der Waals surface area contributed by atoms with E-state index < -0.39 is 72.8 Å². The fraction of sp³-hybridized carbons (Fsp3) is 0.633. The second-order valence-corrected chi connectivity index (χ2v) is 10.4. The highest BCUT2D eigenvalue weighted by Crippen LogP contribution is 2.34. The summed E-state index contributed by atoms with van der Waals surface area (Å²) in [5.74, 6) is -4.24. The SMILES string of the molecule is CC(=O)OC[C@H]1O[C@@H](Oc2ccc(C(=O)N(C)CCOCCOCCOCCN=[N+]=[N-])cc2O)[C@H](OC(C)=O)[C@@H](OC(C)=O)[C@H]1OC(C)=O. The van der Waals surface area contributed by atoms with E-state index in [1.54, 1.807) is 7.05 Å². The van der Waals surface area contributed by atoms with Crippen LogP contribution in [-0.4, -0.2) is 137 Å². The Balaban J connectivity index is 2.06. The lowest BCUT2D eigenvalue weighted by Crippen LogP contribution is -2.63. The predicted octanol–water partition coefficient (Wildman–Crippen LogP) is 1.29. The number of phenolic OH excluding ortho intramolecular Hbond substituents is 1. The summed E-state index contributed by atoms with van der Waals surface area (Å²) in [6, 6.07) is 3.81. The number of amides is 1. The Labute approximate surface area is 282 Å². The smallest absolute Gasteiger partial charge is 0.303 e. The Morgan fingerprint density at radius 1 is 0.837 bits per heavy atom. The maximum Gasteiger partial charge on any atom is 0.303 e. The van der Waals surface area contributed by atoms with Crippen LogP contribution in [0.1, 0.15) is 38.1 Å². The number of ether oxygens (including phenoxy) is 9. The molecule has 0 aromatic heterocycles. The van der Waals surface area contributed by atoms with E-state index in [4.69, 9.17) is 48.2 Å². The molecule has 19 nitrogen and oxygen atoms in total. The van der Waals surface area contributed by atoms with Gasteiger partial charge in [0.2, 0.25) is 12.4 Å². The van der Waals surface area contributed by atoms with E-state index in [0.717, 1.165) is 33.8 Å². The number of hydrogen-bond acceptors (Lipinski definition) is 16. The summed E-state index contributed by atoms with van der Waals surface area (Å²) in [7, 11) is 1.55. The minimum absolute atomic E-state index is 0.109. The van der Waals surface area contributed by atoms with Crippen molar-refractivity contribution in [2.75, 3.05) is 66.4 Å². The molecule has 1 aromatic rings. The third-order valence-corrected chi connectivity index (χ3v) is 6.46. The van der Waals surface area contributed by atoms with Crippen LogP contribution in [0.15, 0.2) is 23.3 Å². The quantitative estimate of drug-likeness (QED) is 0.0504. The number of benzene rings is 1. The molecule has 0 unspecified atom stereocenters. The van der Waals surface area contributed by atoms with Gasteiger partial charge in [-0.25, -0.2) is 0 Å². The van der Waals surface area contributed by atoms with Gasteiger partial charge in [-0.15, -0.1) is 0 Å². The number of carbonyl (C=O) groups is 5. The van der Waals surface area contributed by atoms with E-state index in [-0.39, 0.29) is 37.6 Å². The molecule has 1 fully saturated rings. The molecule has 5 atom stereocenters. The monoisotopic (exact) mass is 698 g/mol. The molecule has 49 heavy (non-hydrogen) atoms. The van der Waals surface area contributed by atoms with Crippen LogP contribution in [0.4, 0.5) is 0 Å². The Hall–Kier alpha value is -4.68. The fourth-order valence-corrected chi connectivity index (χ4v) is 4.37. The first-order chi connectivity index (χ1) is 23.3. The maximum atomic E-state index is 13.0. The summed E-state index contributed by atoms with van der Waals surface area (Å²) < 4.78 is 48.9. The summed E-state index contributed by atoms with van der Waals surface area (Å²) in [6.45, 7) is 6.21. The third kappa shape index (κ3) is 14.5. The van der Waals surface area contributed by atoms with Gasteiger partial charge in [0, 0.05) is 58.3 Å². The van der Waals surface area contributed by atoms with Crippen LogP contribution in [0, 0.1) is 0 Å². The summed E-state index contributed by atoms with van der Waals surface area (Å²) >= 11 is 0. The first-order valence-corrected chi connectivity index (χ1v) is 15.1. The van der Waals surface area contributed by atoms with Gasteiger partial charge in [0.25, 0.3) is 5.91 Å². The Morgan fingerprint density at radius 2 is 1.41 bits per heavy atom. The Bertz CT molecular complexity index is 1320. The molecule has 0 aliphatic carbocycles. The van der Waals surface area contributed by atoms with Crippen molar-refractivity contribution >= 4 is 29.8 Å². The number of phenols is 1. The van der Waals surface area contributed by atoms with Crippen LogP contribution in [0.25, 0.3) is 10.4 Å². The van der Waals surface area contributed by atoms with Gasteiger partial charge in [-0.3, -0.25) is 24.0 Å². The molecule has 272 valence electrons. The number of carbonyl (C=O) groups excluding carboxylic acids is 5. The van der Waals surface area contributed by atoms with E-state index in [0.29, 0.717) is 26.4 Å². The molecule has 0 spiro atoms. The molecule has 1 aliphatic heterocycles. The van der Waals surface area contributed by atoms with Gasteiger partial charge in [-0.2, -0.15) is 0 Å². The number of rotatable bonds is 20. The Morgan fingerprint density at radius 3 is 1.98 bits per heavy atom. The van der Waals surface area contributed by atoms with Crippen molar-refractivity contribution in [1.29, 1.82) is 0 Å². The van der Waals surface area contributed by atoms with Crippen molar-refractivity contribution < 1.29 is 71.7 Å². The maximum absolute atomic E-state index is 13.0. The highest BCUT2D eigenvalue weighted by atomic mass is 16.7. The van der Waals surface area contributed by atoms with Crippen molar-refractivity contribution in [3.05, 3.63) is 34.2 Å². The summed E-state index contributed by atoms with van der Waals surface area (Å²) in [5, 5.41) is 14.1. The summed E-state index contributed by atoms with van der Waals surface area (Å²) in [4.78, 5) is 64.5. The highest BCUT2D eigenvalue weighted by Gasteiger charge is 2.53. The van der Waals surface area contributed by atoms with E-state index >= 15 is 0 Å². The van der Waals surface area contributed by atoms with Crippen LogP contribution in [-0.2, 0) is 57.1 Å². The molecule has 2 rings (SSSR count). The molecule has 1 heterocycles. The summed E-state index contributed by atoms with van der Waals surface area (Å²) in [5.41, 5.74) is 8.30. The lowest BCUT2D eigenvalue weighted by atomic mass is 9.98. The molecule has 1 amide bonds. The van der Waals surface area contributed by atoms with Crippen molar-refractivity contribution in [3.8, 4) is 11.5 Å². The number of nitrogens with zero attached hydrogens (tertiary/aromatic N) is 4. The second-order valence-electron chi connectivity index (χ2n) is 10.4. The first-order valence-electron chi connectivity index (χ1n) is 15.1. The van der Waals surface area contributed by atoms with Gasteiger partial charge in [0.1, 0.15) is 12.7 Å². The highest BCUT2D eigenvalue weighted by molar-refractivity contribution is 5.94. The molecule has 1 saturated heterocycles. The number of aromatic hydroxyl groups is 1. The average Bonchev–Trinajstić information content (AvgIpc) is 3.03. The molecule has 0 radical (unpaired) electrons. The number of azide groups is 1. The van der Waals surface area contributed by atoms with Gasteiger partial charge in [-0.1, -0.05) is 5.11 Å². The van der Waals surface area contributed by atoms with Gasteiger partial charge in [0.15, 0.2) is 23.7 Å². The standard InChI is InChI=1S/C30H42N4O15/c1-18(35)44-17-25-26(45-19(2)36)27(46-20(3)37)28(47-21(4)38)30(49-25)48-24-7-6-22(16-23(24)39)29(40)34(5)9-11-42-13-15-43-14-12-41-10-8-32-33-31/h6-7,16,25-28,30,39H,8-15,17H2,1-5H3/t25-,26+,27+,28-,30-/m1/s1. The molecule has 0 bridgehead atoms. The molecule has 1 aliphatic rings. The van der Waals surface area contributed by atoms with Gasteiger partial charge < -0.3 is 52.6 Å². The Kier molecular flexibility index (Phi) is 17.6. The lowest BCUT2D eigenvalue weighted by molar-refractivity contribution is -0.288. The third-order valence-electron chi connectivity index (χ3n) is 6.46. The molecule has 1 aromatic carbocycles. The van der Waals surface area contributed by atoms with Crippen LogP contribution in [0.2, 0.25) is 0 Å². The first kappa shape index (κ1) is 40.5. The molecule has 19 heteroatoms. The zero-order valence-corrected chi connectivity index (χ0v) is 27.9. The van der Waals surface area contributed by atoms with Crippen LogP contribution in [0.3, 0.4) is 0 Å². The zero-order chi connectivity index (χ0) is 36.3. The minimum Gasteiger partial charge on any atom is -0.504 e. The van der Waals surface area contributed by atoms with Crippen LogP contribution < -0.4 is 4.74 Å². The molecule has 0 saturated carbocycles. The van der Waals surface area contributed by atoms with Crippen molar-refractivity contribution in [3.63, 3.8) is 0 Å². The van der Waals surface area contributed by atoms with Crippen molar-refractivity contribution in [2.45, 2.75) is 58.4 Å². The normalized spacial score (nSPS) is 19.9. The molecule has 1 N–H and O–H groups in total. The van der Waals surface area contributed by atoms with Crippen LogP contribution >= 0.6 is 0 Å². The van der Waals surface area contributed by atoms with Crippen molar-refractivity contribution in [1.82, 2.24) is 4.90 Å². The predicted molar refractivity (Wildman–Crippen MR) is 164 cm³/mol. The number of hydrogen-bond donors (Lipinski definition) is 1. The van der Waals surface area contributed by atoms with Crippen molar-refractivity contribution in [2.24, 2.45) is 5.11 Å². The number of likely N-dealkylation sites (N-methyl/N-ethyl adjacent to an activating group) is 1. The van der Waals surface area contributed by atoms with E-state index in [9.17, 15) is 29.1 Å². The van der Waals surface area contributed by atoms with Gasteiger partial charge >= 0.3 is 23.9 Å². The van der Waals surface area contributed by atoms with Gasteiger partial charge in [0.05, 0.1) is 39.6 Å². The topological polar surface area (TPSA) is 241 Å². The van der Waals surface area contributed by atoms with E-state index in [2.05, 4.69) is 10.0 Å². The minimum atomic E-state index is -1.58. The molecular formula is C30H42N4O15. The number of esters is 4. The van der Waals surface area contributed by atoms with Crippen LogP contribution in [0.5, 0.6) is 11.5 Å².